The molecule has 0 radical (unpaired) electrons. The molecule has 5 rings (SSSR count). The molecule has 0 fully saturated rings. The number of hydrogen-bond acceptors (Lipinski definition) is 6. The van der Waals surface area contributed by atoms with Crippen molar-refractivity contribution in [3.8, 4) is 0 Å². The van der Waals surface area contributed by atoms with E-state index in [1.807, 2.05) is 0 Å². The van der Waals surface area contributed by atoms with Crippen molar-refractivity contribution in [2.45, 2.75) is 45.6 Å². The summed E-state index contributed by atoms with van der Waals surface area (Å²) in [7, 11) is 0. The second kappa shape index (κ2) is 16.1. The van der Waals surface area contributed by atoms with Gasteiger partial charge in [-0.3, -0.25) is 19.3 Å². The summed E-state index contributed by atoms with van der Waals surface area (Å²) in [6, 6.07) is 15.5. The zero-order valence-corrected chi connectivity index (χ0v) is 28.1. The van der Waals surface area contributed by atoms with E-state index in [0.29, 0.717) is 45.8 Å². The Bertz CT molecular complexity index is 1800. The van der Waals surface area contributed by atoms with Crippen molar-refractivity contribution in [2.75, 3.05) is 16.4 Å². The number of carboxylic acids is 1. The number of nitrogens with zero attached hydrogens (tertiary/aromatic N) is 2. The molecule has 1 atom stereocenters. The van der Waals surface area contributed by atoms with Gasteiger partial charge in [-0.05, 0) is 99.7 Å². The van der Waals surface area contributed by atoms with Crippen LogP contribution >= 0.6 is 34.8 Å². The Morgan fingerprint density at radius 2 is 1.58 bits per heavy atom. The lowest BCUT2D eigenvalue weighted by molar-refractivity contribution is -0.138. The van der Waals surface area contributed by atoms with E-state index in [1.165, 1.54) is 30.0 Å². The molecule has 0 saturated heterocycles. The topological polar surface area (TPSA) is 121 Å². The fourth-order valence-electron chi connectivity index (χ4n) is 5.13. The number of hydrogen-bond donors (Lipinski definition) is 1. The lowest BCUT2D eigenvalue weighted by Crippen LogP contribution is -2.43. The van der Waals surface area contributed by atoms with E-state index in [0.717, 1.165) is 23.8 Å². The summed E-state index contributed by atoms with van der Waals surface area (Å²) in [5, 5.41) is 9.26. The van der Waals surface area contributed by atoms with Crippen LogP contribution in [0.2, 0.25) is 10.0 Å². The molecular weight excluding hydrogens is 686 g/mol. The monoisotopic (exact) mass is 714 g/mol. The Labute approximate surface area is 291 Å². The van der Waals surface area contributed by atoms with Crippen LogP contribution in [0.4, 0.5) is 15.8 Å². The van der Waals surface area contributed by atoms with Gasteiger partial charge in [-0.2, -0.15) is 0 Å². The van der Waals surface area contributed by atoms with E-state index in [9.17, 15) is 33.5 Å². The summed E-state index contributed by atoms with van der Waals surface area (Å²) in [4.78, 5) is 63.2. The van der Waals surface area contributed by atoms with Gasteiger partial charge in [0.1, 0.15) is 16.9 Å². The highest BCUT2D eigenvalue weighted by Gasteiger charge is 2.39. The normalized spacial score (nSPS) is 15.0. The van der Waals surface area contributed by atoms with Crippen molar-refractivity contribution in [1.82, 2.24) is 0 Å². The Morgan fingerprint density at radius 3 is 2.15 bits per heavy atom. The number of carbonyl (C=O) groups excluding carboxylic acids is 4. The van der Waals surface area contributed by atoms with Crippen LogP contribution < -0.4 is 9.80 Å². The van der Waals surface area contributed by atoms with Crippen LogP contribution in [0.3, 0.4) is 0 Å². The number of anilines is 2. The maximum atomic E-state index is 13.3. The van der Waals surface area contributed by atoms with E-state index in [4.69, 9.17) is 39.5 Å². The minimum Gasteiger partial charge on any atom is -0.480 e. The van der Waals surface area contributed by atoms with Gasteiger partial charge < -0.3 is 9.84 Å². The van der Waals surface area contributed by atoms with Gasteiger partial charge in [0.25, 0.3) is 17.7 Å². The SMILES string of the molecule is CCOC(=O)/C(Cl)=C/c1cc(N2C(=O)C3=C(CCCC3)C2=O)ccc1Cl.C[C@H](C(=O)O)N(C(=O)c1ccccc1)c1ccc(F)c(Cl)c1. The summed E-state index contributed by atoms with van der Waals surface area (Å²) >= 11 is 17.9. The van der Waals surface area contributed by atoms with Gasteiger partial charge >= 0.3 is 11.9 Å². The molecule has 2 aliphatic rings. The first-order chi connectivity index (χ1) is 22.8. The Morgan fingerprint density at radius 1 is 0.958 bits per heavy atom. The smallest absolute Gasteiger partial charge is 0.349 e. The van der Waals surface area contributed by atoms with E-state index in [-0.39, 0.29) is 34.2 Å². The third-order valence-electron chi connectivity index (χ3n) is 7.55. The number of halogens is 4. The number of carboxylic acid groups (broad SMARTS) is 1. The molecule has 1 aliphatic carbocycles. The first-order valence-electron chi connectivity index (χ1n) is 14.9. The zero-order chi connectivity index (χ0) is 35.1. The van der Waals surface area contributed by atoms with Crippen LogP contribution in [0, 0.1) is 5.82 Å². The molecule has 250 valence electrons. The molecule has 3 amide bonds. The van der Waals surface area contributed by atoms with Crippen molar-refractivity contribution >= 4 is 81.9 Å². The van der Waals surface area contributed by atoms with Crippen LogP contribution in [0.5, 0.6) is 0 Å². The average Bonchev–Trinajstić information content (AvgIpc) is 3.33. The Balaban J connectivity index is 0.000000220. The molecule has 0 spiro atoms. The fraction of sp³-hybridized carbons (Fsp3) is 0.229. The molecule has 0 unspecified atom stereocenters. The number of imide groups is 1. The van der Waals surface area contributed by atoms with Crippen molar-refractivity contribution in [3.63, 3.8) is 0 Å². The molecule has 9 nitrogen and oxygen atoms in total. The third-order valence-corrected chi connectivity index (χ3v) is 8.44. The van der Waals surface area contributed by atoms with E-state index in [1.54, 1.807) is 55.5 Å². The Kier molecular flexibility index (Phi) is 12.2. The van der Waals surface area contributed by atoms with Crippen LogP contribution in [0.15, 0.2) is 82.9 Å². The van der Waals surface area contributed by atoms with E-state index in [2.05, 4.69) is 0 Å². The molecule has 13 heteroatoms. The molecule has 3 aromatic carbocycles. The second-order valence-electron chi connectivity index (χ2n) is 10.7. The molecule has 1 aliphatic heterocycles. The Hall–Kier alpha value is -4.51. The van der Waals surface area contributed by atoms with Crippen LogP contribution in [0.25, 0.3) is 6.08 Å². The van der Waals surface area contributed by atoms with Crippen LogP contribution in [-0.2, 0) is 23.9 Å². The highest BCUT2D eigenvalue weighted by molar-refractivity contribution is 6.43. The highest BCUT2D eigenvalue weighted by Crippen LogP contribution is 2.37. The summed E-state index contributed by atoms with van der Waals surface area (Å²) in [6.07, 6.45) is 4.45. The molecule has 0 bridgehead atoms. The number of carbonyl (C=O) groups is 5. The predicted octanol–water partition coefficient (Wildman–Crippen LogP) is 7.83. The van der Waals surface area contributed by atoms with Gasteiger partial charge in [0, 0.05) is 27.4 Å². The molecular formula is C35H30Cl3FN2O7. The quantitative estimate of drug-likeness (QED) is 0.143. The van der Waals surface area contributed by atoms with Gasteiger partial charge in [0.2, 0.25) is 0 Å². The van der Waals surface area contributed by atoms with Gasteiger partial charge in [0.15, 0.2) is 0 Å². The molecule has 1 heterocycles. The average molecular weight is 716 g/mol. The number of aliphatic carboxylic acids is 1. The van der Waals surface area contributed by atoms with Crippen molar-refractivity contribution < 1.29 is 38.2 Å². The highest BCUT2D eigenvalue weighted by atomic mass is 35.5. The number of rotatable bonds is 8. The third kappa shape index (κ3) is 8.13. The summed E-state index contributed by atoms with van der Waals surface area (Å²) in [5.74, 6) is -3.54. The standard InChI is InChI=1S/C19H17Cl2NO4.C16H13ClFNO3/c1-2-26-19(25)16(21)10-11-9-12(7-8-15(11)20)22-17(23)13-5-3-4-6-14(13)18(22)24;1-10(16(21)22)19(12-7-8-14(18)13(17)9-12)15(20)11-5-3-2-4-6-11/h7-10H,2-6H2,1H3;2-10H,1H3,(H,21,22)/b16-10-;/t;10-/m.1/s1. The lowest BCUT2D eigenvalue weighted by atomic mass is 9.93. The molecule has 0 saturated carbocycles. The van der Waals surface area contributed by atoms with Crippen molar-refractivity contribution in [3.05, 3.63) is 110 Å². The first-order valence-corrected chi connectivity index (χ1v) is 16.0. The van der Waals surface area contributed by atoms with Crippen LogP contribution in [-0.4, -0.2) is 47.4 Å². The van der Waals surface area contributed by atoms with Crippen molar-refractivity contribution in [1.29, 1.82) is 0 Å². The van der Waals surface area contributed by atoms with Crippen molar-refractivity contribution in [2.24, 2.45) is 0 Å². The van der Waals surface area contributed by atoms with Gasteiger partial charge in [-0.15, -0.1) is 0 Å². The maximum Gasteiger partial charge on any atom is 0.349 e. The summed E-state index contributed by atoms with van der Waals surface area (Å²) in [5.41, 5.74) is 2.59. The second-order valence-corrected chi connectivity index (χ2v) is 11.9. The van der Waals surface area contributed by atoms with E-state index < -0.39 is 29.7 Å². The minimum atomic E-state index is -1.18. The molecule has 1 N–H and O–H groups in total. The van der Waals surface area contributed by atoms with E-state index >= 15 is 0 Å². The summed E-state index contributed by atoms with van der Waals surface area (Å²) < 4.78 is 18.1. The molecule has 0 aromatic heterocycles. The molecule has 3 aromatic rings. The fourth-order valence-corrected chi connectivity index (χ4v) is 5.65. The number of esters is 1. The van der Waals surface area contributed by atoms with Gasteiger partial charge in [0.05, 0.1) is 17.3 Å². The number of ether oxygens (including phenoxy) is 1. The number of benzene rings is 3. The number of amides is 3. The van der Waals surface area contributed by atoms with Gasteiger partial charge in [-0.1, -0.05) is 53.0 Å². The molecule has 48 heavy (non-hydrogen) atoms. The minimum absolute atomic E-state index is 0.137. The lowest BCUT2D eigenvalue weighted by Gasteiger charge is -2.27. The van der Waals surface area contributed by atoms with Crippen LogP contribution in [0.1, 0.15) is 55.5 Å². The van der Waals surface area contributed by atoms with Gasteiger partial charge in [-0.25, -0.2) is 18.9 Å². The largest absolute Gasteiger partial charge is 0.480 e. The summed E-state index contributed by atoms with van der Waals surface area (Å²) in [6.45, 7) is 3.25. The predicted molar refractivity (Wildman–Crippen MR) is 182 cm³/mol. The zero-order valence-electron chi connectivity index (χ0n) is 25.8. The first kappa shape index (κ1) is 36.3. The maximum absolute atomic E-state index is 13.3.